The zero-order valence-corrected chi connectivity index (χ0v) is 21.9. The first-order valence-electron chi connectivity index (χ1n) is 11.9. The Bertz CT molecular complexity index is 814. The zero-order valence-electron chi connectivity index (χ0n) is 21.9. The molecule has 0 spiro atoms. The number of amides is 3. The molecular formula is C26H43N3O4. The van der Waals surface area contributed by atoms with E-state index < -0.39 is 23.8 Å². The number of carbonyl (C=O) groups excluding carboxylic acids is 3. The highest BCUT2D eigenvalue weighted by molar-refractivity contribution is 5.92. The number of hydrogen-bond donors (Lipinski definition) is 2. The van der Waals surface area contributed by atoms with Crippen molar-refractivity contribution in [3.63, 3.8) is 0 Å². The average molecular weight is 462 g/mol. The molecule has 1 rings (SSSR count). The van der Waals surface area contributed by atoms with Crippen LogP contribution in [-0.2, 0) is 14.3 Å². The van der Waals surface area contributed by atoms with E-state index in [-0.39, 0.29) is 17.7 Å². The van der Waals surface area contributed by atoms with Crippen LogP contribution in [0.25, 0.3) is 0 Å². The highest BCUT2D eigenvalue weighted by Crippen LogP contribution is 2.26. The lowest BCUT2D eigenvalue weighted by Gasteiger charge is -2.33. The maximum absolute atomic E-state index is 13.6. The summed E-state index contributed by atoms with van der Waals surface area (Å²) < 4.78 is 5.37. The second kappa shape index (κ2) is 12.6. The molecule has 1 aromatic carbocycles. The molecule has 0 saturated heterocycles. The van der Waals surface area contributed by atoms with E-state index in [1.54, 1.807) is 27.8 Å². The van der Waals surface area contributed by atoms with Gasteiger partial charge in [0, 0.05) is 13.6 Å². The van der Waals surface area contributed by atoms with Gasteiger partial charge in [0.15, 0.2) is 0 Å². The molecule has 3 amide bonds. The van der Waals surface area contributed by atoms with E-state index >= 15 is 0 Å². The van der Waals surface area contributed by atoms with Crippen molar-refractivity contribution in [1.29, 1.82) is 0 Å². The Morgan fingerprint density at radius 2 is 1.76 bits per heavy atom. The predicted molar refractivity (Wildman–Crippen MR) is 132 cm³/mol. The molecule has 1 aromatic rings. The Morgan fingerprint density at radius 3 is 2.30 bits per heavy atom. The van der Waals surface area contributed by atoms with Crippen LogP contribution < -0.4 is 10.6 Å². The number of alkyl carbamates (subject to hydrolysis) is 1. The number of aryl methyl sites for hydroxylation is 1. The molecule has 2 atom stereocenters. The van der Waals surface area contributed by atoms with Crippen LogP contribution in [0.15, 0.2) is 18.2 Å². The van der Waals surface area contributed by atoms with Crippen molar-refractivity contribution in [1.82, 2.24) is 15.5 Å². The Labute approximate surface area is 199 Å². The molecule has 0 aliphatic rings. The highest BCUT2D eigenvalue weighted by Gasteiger charge is 2.35. The maximum atomic E-state index is 13.6. The number of hydrogen-bond acceptors (Lipinski definition) is 4. The molecule has 0 heterocycles. The Kier molecular flexibility index (Phi) is 10.9. The third kappa shape index (κ3) is 9.06. The first-order chi connectivity index (χ1) is 15.3. The molecule has 33 heavy (non-hydrogen) atoms. The first-order valence-corrected chi connectivity index (χ1v) is 11.9. The van der Waals surface area contributed by atoms with Crippen LogP contribution in [0.5, 0.6) is 0 Å². The van der Waals surface area contributed by atoms with E-state index in [2.05, 4.69) is 17.6 Å². The van der Waals surface area contributed by atoms with Crippen molar-refractivity contribution >= 4 is 17.9 Å². The number of likely N-dealkylation sites (N-methyl/N-ethyl adjacent to an activating group) is 1. The van der Waals surface area contributed by atoms with E-state index in [1.165, 1.54) is 4.90 Å². The van der Waals surface area contributed by atoms with Crippen molar-refractivity contribution in [2.75, 3.05) is 13.6 Å². The largest absolute Gasteiger partial charge is 0.444 e. The van der Waals surface area contributed by atoms with Gasteiger partial charge in [-0.15, -0.1) is 0 Å². The van der Waals surface area contributed by atoms with Gasteiger partial charge in [-0.1, -0.05) is 45.4 Å². The summed E-state index contributed by atoms with van der Waals surface area (Å²) in [5.74, 6) is -0.403. The molecule has 0 aliphatic carbocycles. The van der Waals surface area contributed by atoms with E-state index in [9.17, 15) is 14.4 Å². The quantitative estimate of drug-likeness (QED) is 0.496. The summed E-state index contributed by atoms with van der Waals surface area (Å²) in [6, 6.07) is 4.16. The maximum Gasteiger partial charge on any atom is 0.408 e. The minimum Gasteiger partial charge on any atom is -0.444 e. The van der Waals surface area contributed by atoms with E-state index in [1.807, 2.05) is 45.9 Å². The van der Waals surface area contributed by atoms with Crippen molar-refractivity contribution < 1.29 is 19.1 Å². The summed E-state index contributed by atoms with van der Waals surface area (Å²) in [6.07, 6.45) is 1.60. The molecule has 7 heteroatoms. The summed E-state index contributed by atoms with van der Waals surface area (Å²) in [4.78, 5) is 40.8. The van der Waals surface area contributed by atoms with Crippen LogP contribution in [0.4, 0.5) is 4.79 Å². The number of benzene rings is 1. The van der Waals surface area contributed by atoms with Crippen molar-refractivity contribution in [2.45, 2.75) is 92.3 Å². The molecule has 0 radical (unpaired) electrons. The second-order valence-electron chi connectivity index (χ2n) is 10.1. The van der Waals surface area contributed by atoms with Gasteiger partial charge < -0.3 is 20.3 Å². The van der Waals surface area contributed by atoms with E-state index in [0.717, 1.165) is 29.5 Å². The van der Waals surface area contributed by atoms with Crippen LogP contribution in [0.3, 0.4) is 0 Å². The van der Waals surface area contributed by atoms with Gasteiger partial charge in [0.1, 0.15) is 17.7 Å². The number of carbonyl (C=O) groups is 3. The fourth-order valence-corrected chi connectivity index (χ4v) is 3.60. The Balaban J connectivity index is 3.28. The lowest BCUT2D eigenvalue weighted by molar-refractivity contribution is -0.141. The second-order valence-corrected chi connectivity index (χ2v) is 10.1. The van der Waals surface area contributed by atoms with Gasteiger partial charge in [-0.05, 0) is 70.1 Å². The van der Waals surface area contributed by atoms with E-state index in [4.69, 9.17) is 4.74 Å². The summed E-state index contributed by atoms with van der Waals surface area (Å²) in [7, 11) is 1.62. The number of rotatable bonds is 10. The minimum atomic E-state index is -0.805. The molecule has 7 nitrogen and oxygen atoms in total. The Morgan fingerprint density at radius 1 is 1.12 bits per heavy atom. The zero-order chi connectivity index (χ0) is 25.3. The van der Waals surface area contributed by atoms with Crippen LogP contribution in [-0.4, -0.2) is 48.0 Å². The average Bonchev–Trinajstić information content (AvgIpc) is 2.68. The van der Waals surface area contributed by atoms with Gasteiger partial charge in [-0.2, -0.15) is 0 Å². The fourth-order valence-electron chi connectivity index (χ4n) is 3.60. The molecule has 0 fully saturated rings. The SMILES string of the molecule is CCCCNC(=O)C(c1cccc(C)c1C)N(C)C(=O)C(CC(C)C)NC(=O)OC(C)(C)C. The number of ether oxygens (including phenoxy) is 1. The van der Waals surface area contributed by atoms with Gasteiger partial charge in [-0.3, -0.25) is 9.59 Å². The third-order valence-corrected chi connectivity index (χ3v) is 5.45. The van der Waals surface area contributed by atoms with Gasteiger partial charge >= 0.3 is 6.09 Å². The summed E-state index contributed by atoms with van der Waals surface area (Å²) in [6.45, 7) is 15.8. The topological polar surface area (TPSA) is 87.7 Å². The van der Waals surface area contributed by atoms with Crippen LogP contribution in [0.1, 0.15) is 83.5 Å². The lowest BCUT2D eigenvalue weighted by Crippen LogP contribution is -2.52. The first kappa shape index (κ1) is 28.5. The number of nitrogens with zero attached hydrogens (tertiary/aromatic N) is 1. The normalized spacial score (nSPS) is 13.3. The molecule has 0 aromatic heterocycles. The van der Waals surface area contributed by atoms with E-state index in [0.29, 0.717) is 13.0 Å². The summed E-state index contributed by atoms with van der Waals surface area (Å²) >= 11 is 0. The molecule has 2 unspecified atom stereocenters. The number of nitrogens with one attached hydrogen (secondary N) is 2. The van der Waals surface area contributed by atoms with Crippen LogP contribution in [0.2, 0.25) is 0 Å². The molecule has 2 N–H and O–H groups in total. The smallest absolute Gasteiger partial charge is 0.408 e. The highest BCUT2D eigenvalue weighted by atomic mass is 16.6. The van der Waals surface area contributed by atoms with Gasteiger partial charge in [-0.25, -0.2) is 4.79 Å². The van der Waals surface area contributed by atoms with Crippen molar-refractivity contribution in [2.24, 2.45) is 5.92 Å². The summed E-state index contributed by atoms with van der Waals surface area (Å²) in [5.41, 5.74) is 2.11. The standard InChI is InChI=1S/C26H43N3O4/c1-10-11-15-27-23(30)22(20-14-12-13-18(4)19(20)5)29(9)24(31)21(16-17(2)3)28-25(32)33-26(6,7)8/h12-14,17,21-22H,10-11,15-16H2,1-9H3,(H,27,30)(H,28,32). The molecule has 186 valence electrons. The minimum absolute atomic E-state index is 0.153. The number of unbranched alkanes of at least 4 members (excludes halogenated alkanes) is 1. The predicted octanol–water partition coefficient (Wildman–Crippen LogP) is 4.66. The third-order valence-electron chi connectivity index (χ3n) is 5.45. The van der Waals surface area contributed by atoms with Crippen molar-refractivity contribution in [3.05, 3.63) is 34.9 Å². The molecule has 0 bridgehead atoms. The van der Waals surface area contributed by atoms with Gasteiger partial charge in [0.25, 0.3) is 0 Å². The fraction of sp³-hybridized carbons (Fsp3) is 0.654. The van der Waals surface area contributed by atoms with Gasteiger partial charge in [0.2, 0.25) is 11.8 Å². The molecule has 0 aliphatic heterocycles. The van der Waals surface area contributed by atoms with Crippen LogP contribution >= 0.6 is 0 Å². The Hall–Kier alpha value is -2.57. The van der Waals surface area contributed by atoms with Gasteiger partial charge in [0.05, 0.1) is 0 Å². The molecule has 0 saturated carbocycles. The van der Waals surface area contributed by atoms with Crippen LogP contribution in [0, 0.1) is 19.8 Å². The lowest BCUT2D eigenvalue weighted by atomic mass is 9.94. The monoisotopic (exact) mass is 461 g/mol. The molecular weight excluding hydrogens is 418 g/mol. The summed E-state index contributed by atoms with van der Waals surface area (Å²) in [5, 5.41) is 5.70. The van der Waals surface area contributed by atoms with Crippen molar-refractivity contribution in [3.8, 4) is 0 Å².